The van der Waals surface area contributed by atoms with Gasteiger partial charge in [-0.15, -0.1) is 0 Å². The van der Waals surface area contributed by atoms with Gasteiger partial charge in [-0.1, -0.05) is 48.5 Å². The average molecular weight is 405 g/mol. The molecule has 156 valence electrons. The molecule has 1 saturated heterocycles. The van der Waals surface area contributed by atoms with Gasteiger partial charge in [0.25, 0.3) is 10.9 Å². The Kier molecular flexibility index (Phi) is 6.14. The van der Waals surface area contributed by atoms with Crippen molar-refractivity contribution in [2.45, 2.75) is 13.0 Å². The van der Waals surface area contributed by atoms with Gasteiger partial charge in [0.15, 0.2) is 0 Å². The molecule has 3 aromatic rings. The summed E-state index contributed by atoms with van der Waals surface area (Å²) in [4.78, 5) is 28.8. The SMILES string of the molecule is COc1ccccc1CCNc1c(N2CCN(Cc3ccccc3)CC2)c(=O)c1=O. The lowest BCUT2D eigenvalue weighted by Crippen LogP contribution is -2.51. The van der Waals surface area contributed by atoms with Crippen molar-refractivity contribution in [2.24, 2.45) is 0 Å². The lowest BCUT2D eigenvalue weighted by atomic mass is 10.1. The molecule has 0 aliphatic carbocycles. The summed E-state index contributed by atoms with van der Waals surface area (Å²) in [5.74, 6) is 0.832. The zero-order chi connectivity index (χ0) is 20.9. The fourth-order valence-corrected chi connectivity index (χ4v) is 4.05. The van der Waals surface area contributed by atoms with Gasteiger partial charge in [0, 0.05) is 39.3 Å². The number of para-hydroxylation sites is 1. The van der Waals surface area contributed by atoms with E-state index in [2.05, 4.69) is 39.4 Å². The fourth-order valence-electron chi connectivity index (χ4n) is 4.05. The summed E-state index contributed by atoms with van der Waals surface area (Å²) in [5.41, 5.74) is 2.61. The highest BCUT2D eigenvalue weighted by Gasteiger charge is 2.28. The number of anilines is 2. The van der Waals surface area contributed by atoms with Crippen LogP contribution in [0, 0.1) is 0 Å². The van der Waals surface area contributed by atoms with Gasteiger partial charge in [0.1, 0.15) is 17.1 Å². The van der Waals surface area contributed by atoms with Crippen LogP contribution in [-0.2, 0) is 13.0 Å². The molecule has 1 aliphatic heterocycles. The van der Waals surface area contributed by atoms with Crippen molar-refractivity contribution in [3.63, 3.8) is 0 Å². The van der Waals surface area contributed by atoms with Crippen molar-refractivity contribution in [1.29, 1.82) is 0 Å². The highest BCUT2D eigenvalue weighted by atomic mass is 16.5. The molecular weight excluding hydrogens is 378 g/mol. The summed E-state index contributed by atoms with van der Waals surface area (Å²) in [6.45, 7) is 4.72. The highest BCUT2D eigenvalue weighted by molar-refractivity contribution is 5.75. The molecule has 0 atom stereocenters. The van der Waals surface area contributed by atoms with Crippen molar-refractivity contribution in [3.05, 3.63) is 86.2 Å². The second-order valence-electron chi connectivity index (χ2n) is 7.62. The van der Waals surface area contributed by atoms with Crippen LogP contribution < -0.4 is 25.8 Å². The van der Waals surface area contributed by atoms with Crippen LogP contribution in [0.1, 0.15) is 11.1 Å². The second kappa shape index (κ2) is 9.13. The molecule has 0 amide bonds. The Balaban J connectivity index is 1.34. The van der Waals surface area contributed by atoms with Gasteiger partial charge in [-0.25, -0.2) is 0 Å². The number of rotatable bonds is 8. The molecule has 1 heterocycles. The molecule has 0 radical (unpaired) electrons. The minimum Gasteiger partial charge on any atom is -0.496 e. The standard InChI is InChI=1S/C24H27N3O3/c1-30-20-10-6-5-9-19(20)11-12-25-21-22(24(29)23(21)28)27-15-13-26(14-16-27)17-18-7-3-2-4-8-18/h2-10,25H,11-17H2,1H3. The maximum Gasteiger partial charge on any atom is 0.253 e. The quantitative estimate of drug-likeness (QED) is 0.580. The number of ether oxygens (including phenoxy) is 1. The molecule has 0 spiro atoms. The van der Waals surface area contributed by atoms with Crippen molar-refractivity contribution >= 4 is 11.4 Å². The van der Waals surface area contributed by atoms with Crippen molar-refractivity contribution in [2.75, 3.05) is 50.1 Å². The number of hydrogen-bond donors (Lipinski definition) is 1. The number of methoxy groups -OCH3 is 1. The first-order chi connectivity index (χ1) is 14.7. The van der Waals surface area contributed by atoms with Crippen LogP contribution in [0.15, 0.2) is 64.2 Å². The van der Waals surface area contributed by atoms with Crippen LogP contribution in [0.2, 0.25) is 0 Å². The predicted octanol–water partition coefficient (Wildman–Crippen LogP) is 2.27. The minimum absolute atomic E-state index is 0.369. The van der Waals surface area contributed by atoms with Crippen molar-refractivity contribution in [3.8, 4) is 5.75 Å². The summed E-state index contributed by atoms with van der Waals surface area (Å²) in [7, 11) is 1.65. The monoisotopic (exact) mass is 405 g/mol. The first-order valence-corrected chi connectivity index (χ1v) is 10.4. The van der Waals surface area contributed by atoms with E-state index in [0.717, 1.165) is 44.0 Å². The molecule has 1 aliphatic rings. The third-order valence-electron chi connectivity index (χ3n) is 5.71. The lowest BCUT2D eigenvalue weighted by Gasteiger charge is -2.37. The van der Waals surface area contributed by atoms with Gasteiger partial charge in [-0.3, -0.25) is 14.5 Å². The van der Waals surface area contributed by atoms with Gasteiger partial charge in [0.05, 0.1) is 7.11 Å². The van der Waals surface area contributed by atoms with Crippen LogP contribution in [0.5, 0.6) is 5.75 Å². The van der Waals surface area contributed by atoms with Gasteiger partial charge in [-0.2, -0.15) is 0 Å². The molecule has 1 fully saturated rings. The van der Waals surface area contributed by atoms with E-state index in [4.69, 9.17) is 4.74 Å². The van der Waals surface area contributed by atoms with E-state index in [1.165, 1.54) is 5.56 Å². The van der Waals surface area contributed by atoms with E-state index in [0.29, 0.717) is 24.3 Å². The Morgan fingerprint density at radius 1 is 0.900 bits per heavy atom. The molecular formula is C24H27N3O3. The Labute approximate surface area is 176 Å². The molecule has 0 bridgehead atoms. The molecule has 3 aromatic carbocycles. The third-order valence-corrected chi connectivity index (χ3v) is 5.71. The van der Waals surface area contributed by atoms with E-state index < -0.39 is 5.43 Å². The predicted molar refractivity (Wildman–Crippen MR) is 120 cm³/mol. The molecule has 6 nitrogen and oxygen atoms in total. The summed E-state index contributed by atoms with van der Waals surface area (Å²) >= 11 is 0. The Morgan fingerprint density at radius 3 is 2.33 bits per heavy atom. The second-order valence-corrected chi connectivity index (χ2v) is 7.62. The van der Waals surface area contributed by atoms with Crippen LogP contribution in [0.4, 0.5) is 11.4 Å². The maximum atomic E-state index is 12.3. The molecule has 1 N–H and O–H groups in total. The number of nitrogens with zero attached hydrogens (tertiary/aromatic N) is 2. The molecule has 30 heavy (non-hydrogen) atoms. The summed E-state index contributed by atoms with van der Waals surface area (Å²) < 4.78 is 5.38. The smallest absolute Gasteiger partial charge is 0.253 e. The first-order valence-electron chi connectivity index (χ1n) is 10.4. The summed E-state index contributed by atoms with van der Waals surface area (Å²) in [6.07, 6.45) is 0.715. The Morgan fingerprint density at radius 2 is 1.60 bits per heavy atom. The fraction of sp³-hybridized carbons (Fsp3) is 0.333. The molecule has 6 heteroatoms. The summed E-state index contributed by atoms with van der Waals surface area (Å²) in [5, 5.41) is 3.20. The van der Waals surface area contributed by atoms with Crippen molar-refractivity contribution < 1.29 is 4.74 Å². The Hall–Kier alpha value is -3.12. The number of benzene rings is 2. The topological polar surface area (TPSA) is 61.9 Å². The van der Waals surface area contributed by atoms with E-state index in [9.17, 15) is 9.59 Å². The third kappa shape index (κ3) is 4.24. The minimum atomic E-state index is -0.406. The lowest BCUT2D eigenvalue weighted by molar-refractivity contribution is 0.249. The average Bonchev–Trinajstić information content (AvgIpc) is 2.80. The first kappa shape index (κ1) is 20.2. The zero-order valence-electron chi connectivity index (χ0n) is 17.3. The maximum absolute atomic E-state index is 12.3. The number of hydrogen-bond acceptors (Lipinski definition) is 6. The van der Waals surface area contributed by atoms with E-state index in [-0.39, 0.29) is 5.43 Å². The van der Waals surface area contributed by atoms with Crippen LogP contribution in [0.3, 0.4) is 0 Å². The highest BCUT2D eigenvalue weighted by Crippen LogP contribution is 2.23. The van der Waals surface area contributed by atoms with Crippen LogP contribution in [0.25, 0.3) is 0 Å². The number of piperazine rings is 1. The van der Waals surface area contributed by atoms with Gasteiger partial charge >= 0.3 is 0 Å². The molecule has 0 saturated carbocycles. The normalized spacial score (nSPS) is 14.8. The van der Waals surface area contributed by atoms with E-state index in [1.54, 1.807) is 7.11 Å². The van der Waals surface area contributed by atoms with Gasteiger partial charge in [-0.05, 0) is 23.6 Å². The van der Waals surface area contributed by atoms with Gasteiger partial charge in [0.2, 0.25) is 0 Å². The van der Waals surface area contributed by atoms with E-state index >= 15 is 0 Å². The molecule has 4 rings (SSSR count). The van der Waals surface area contributed by atoms with E-state index in [1.807, 2.05) is 30.3 Å². The van der Waals surface area contributed by atoms with Crippen LogP contribution >= 0.6 is 0 Å². The van der Waals surface area contributed by atoms with Gasteiger partial charge < -0.3 is 15.0 Å². The van der Waals surface area contributed by atoms with Crippen LogP contribution in [-0.4, -0.2) is 44.7 Å². The largest absolute Gasteiger partial charge is 0.496 e. The summed E-state index contributed by atoms with van der Waals surface area (Å²) in [6, 6.07) is 18.2. The van der Waals surface area contributed by atoms with Crippen molar-refractivity contribution in [1.82, 2.24) is 4.90 Å². The molecule has 0 unspecified atom stereocenters. The molecule has 0 aromatic heterocycles. The Bertz CT molecular complexity index is 1050. The number of nitrogens with one attached hydrogen (secondary N) is 1. The zero-order valence-corrected chi connectivity index (χ0v) is 17.3.